The summed E-state index contributed by atoms with van der Waals surface area (Å²) in [5, 5.41) is 15.1. The first kappa shape index (κ1) is 16.8. The number of carbonyl (C=O) groups excluding carboxylic acids is 1. The molecule has 0 atom stereocenters. The largest absolute Gasteiger partial charge is 0.481 e. The standard InChI is InChI=1S/C15H28N2O3/c1-13(2,11(18)19)14(3,4)16-12(20)17-15(5)9-7-6-8-10-15/h6-10H2,1-5H3,(H,18,19)(H2,16,17,20). The third-order valence-corrected chi connectivity index (χ3v) is 4.90. The lowest BCUT2D eigenvalue weighted by atomic mass is 9.74. The lowest BCUT2D eigenvalue weighted by Crippen LogP contribution is -2.61. The van der Waals surface area contributed by atoms with E-state index < -0.39 is 16.9 Å². The smallest absolute Gasteiger partial charge is 0.315 e. The van der Waals surface area contributed by atoms with Crippen LogP contribution in [0.2, 0.25) is 0 Å². The van der Waals surface area contributed by atoms with Gasteiger partial charge in [-0.25, -0.2) is 4.79 Å². The van der Waals surface area contributed by atoms with Gasteiger partial charge in [0, 0.05) is 5.54 Å². The van der Waals surface area contributed by atoms with Gasteiger partial charge >= 0.3 is 12.0 Å². The zero-order chi connectivity index (χ0) is 15.6. The molecule has 116 valence electrons. The van der Waals surface area contributed by atoms with Crippen molar-refractivity contribution in [1.82, 2.24) is 10.6 Å². The lowest BCUT2D eigenvalue weighted by molar-refractivity contribution is -0.150. The maximum Gasteiger partial charge on any atom is 0.315 e. The molecular weight excluding hydrogens is 256 g/mol. The first-order valence-electron chi connectivity index (χ1n) is 7.34. The van der Waals surface area contributed by atoms with E-state index in [1.807, 2.05) is 0 Å². The molecule has 0 unspecified atom stereocenters. The van der Waals surface area contributed by atoms with Crippen LogP contribution in [0.5, 0.6) is 0 Å². The van der Waals surface area contributed by atoms with Crippen molar-refractivity contribution in [3.05, 3.63) is 0 Å². The fourth-order valence-electron chi connectivity index (χ4n) is 2.47. The Balaban J connectivity index is 2.67. The second-order valence-corrected chi connectivity index (χ2v) is 7.26. The molecule has 1 aliphatic rings. The van der Waals surface area contributed by atoms with Gasteiger partial charge in [-0.2, -0.15) is 0 Å². The molecule has 5 nitrogen and oxygen atoms in total. The van der Waals surface area contributed by atoms with Crippen LogP contribution in [0.4, 0.5) is 4.79 Å². The van der Waals surface area contributed by atoms with Crippen LogP contribution in [-0.4, -0.2) is 28.2 Å². The first-order valence-corrected chi connectivity index (χ1v) is 7.34. The molecule has 1 aliphatic carbocycles. The molecule has 0 radical (unpaired) electrons. The van der Waals surface area contributed by atoms with Crippen molar-refractivity contribution in [3.63, 3.8) is 0 Å². The van der Waals surface area contributed by atoms with Crippen LogP contribution in [0, 0.1) is 5.41 Å². The van der Waals surface area contributed by atoms with Crippen molar-refractivity contribution >= 4 is 12.0 Å². The molecule has 0 aliphatic heterocycles. The number of carbonyl (C=O) groups is 2. The highest BCUT2D eigenvalue weighted by atomic mass is 16.4. The van der Waals surface area contributed by atoms with E-state index in [9.17, 15) is 14.7 Å². The summed E-state index contributed by atoms with van der Waals surface area (Å²) in [4.78, 5) is 23.5. The Morgan fingerprint density at radius 1 is 1.05 bits per heavy atom. The average Bonchev–Trinajstić information content (AvgIpc) is 2.27. The fourth-order valence-corrected chi connectivity index (χ4v) is 2.47. The number of carboxylic acids is 1. The Labute approximate surface area is 121 Å². The van der Waals surface area contributed by atoms with Crippen molar-refractivity contribution in [3.8, 4) is 0 Å². The van der Waals surface area contributed by atoms with E-state index in [0.717, 1.165) is 25.7 Å². The van der Waals surface area contributed by atoms with Crippen molar-refractivity contribution < 1.29 is 14.7 Å². The molecule has 1 saturated carbocycles. The molecule has 0 saturated heterocycles. The number of carboxylic acid groups (broad SMARTS) is 1. The topological polar surface area (TPSA) is 78.4 Å². The summed E-state index contributed by atoms with van der Waals surface area (Å²) in [5.74, 6) is -0.924. The summed E-state index contributed by atoms with van der Waals surface area (Å²) >= 11 is 0. The molecule has 0 bridgehead atoms. The van der Waals surface area contributed by atoms with Crippen LogP contribution in [-0.2, 0) is 4.79 Å². The van der Waals surface area contributed by atoms with Crippen molar-refractivity contribution in [1.29, 1.82) is 0 Å². The Bertz CT molecular complexity index is 383. The van der Waals surface area contributed by atoms with Gasteiger partial charge in [-0.15, -0.1) is 0 Å². The molecule has 3 N–H and O–H groups in total. The highest BCUT2D eigenvalue weighted by Gasteiger charge is 2.45. The van der Waals surface area contributed by atoms with Gasteiger partial charge in [0.15, 0.2) is 0 Å². The Morgan fingerprint density at radius 2 is 1.55 bits per heavy atom. The second-order valence-electron chi connectivity index (χ2n) is 7.26. The Hall–Kier alpha value is -1.26. The van der Waals surface area contributed by atoms with Crippen LogP contribution in [0.15, 0.2) is 0 Å². The fraction of sp³-hybridized carbons (Fsp3) is 0.867. The summed E-state index contributed by atoms with van der Waals surface area (Å²) in [6, 6.07) is -0.284. The number of urea groups is 1. The minimum atomic E-state index is -1.04. The number of hydrogen-bond acceptors (Lipinski definition) is 2. The monoisotopic (exact) mass is 284 g/mol. The molecule has 1 fully saturated rings. The molecule has 0 aromatic carbocycles. The number of amides is 2. The molecule has 0 aromatic rings. The van der Waals surface area contributed by atoms with E-state index in [4.69, 9.17) is 0 Å². The third-order valence-electron chi connectivity index (χ3n) is 4.90. The van der Waals surface area contributed by atoms with Crippen LogP contribution in [0.3, 0.4) is 0 Å². The molecule has 2 amide bonds. The number of aliphatic carboxylic acids is 1. The summed E-state index contributed by atoms with van der Waals surface area (Å²) in [5.41, 5.74) is -2.06. The van der Waals surface area contributed by atoms with Crippen molar-refractivity contribution in [2.45, 2.75) is 77.8 Å². The predicted octanol–water partition coefficient (Wildman–Crippen LogP) is 2.90. The number of rotatable bonds is 4. The quantitative estimate of drug-likeness (QED) is 0.742. The molecule has 5 heteroatoms. The van der Waals surface area contributed by atoms with Gasteiger partial charge in [0.05, 0.1) is 11.0 Å². The number of nitrogens with one attached hydrogen (secondary N) is 2. The van der Waals surface area contributed by atoms with Gasteiger partial charge in [0.25, 0.3) is 0 Å². The van der Waals surface area contributed by atoms with E-state index >= 15 is 0 Å². The SMILES string of the molecule is CC1(NC(=O)NC(C)(C)C(C)(C)C(=O)O)CCCCC1. The van der Waals surface area contributed by atoms with Crippen molar-refractivity contribution in [2.24, 2.45) is 5.41 Å². The zero-order valence-electron chi connectivity index (χ0n) is 13.3. The maximum atomic E-state index is 12.2. The van der Waals surface area contributed by atoms with Crippen molar-refractivity contribution in [2.75, 3.05) is 0 Å². The van der Waals surface area contributed by atoms with Gasteiger partial charge in [-0.1, -0.05) is 19.3 Å². The maximum absolute atomic E-state index is 12.2. The predicted molar refractivity (Wildman–Crippen MR) is 78.7 cm³/mol. The van der Waals surface area contributed by atoms with Crippen LogP contribution in [0.25, 0.3) is 0 Å². The van der Waals surface area contributed by atoms with E-state index in [-0.39, 0.29) is 11.6 Å². The summed E-state index contributed by atoms with van der Waals surface area (Å²) in [6.45, 7) is 8.78. The summed E-state index contributed by atoms with van der Waals surface area (Å²) < 4.78 is 0. The molecular formula is C15H28N2O3. The molecule has 0 heterocycles. The summed E-state index contributed by atoms with van der Waals surface area (Å²) in [7, 11) is 0. The van der Waals surface area contributed by atoms with Crippen LogP contribution >= 0.6 is 0 Å². The second kappa shape index (κ2) is 5.62. The van der Waals surface area contributed by atoms with Crippen LogP contribution in [0.1, 0.15) is 66.7 Å². The average molecular weight is 284 g/mol. The summed E-state index contributed by atoms with van der Waals surface area (Å²) in [6.07, 6.45) is 5.42. The van der Waals surface area contributed by atoms with Gasteiger partial charge in [-0.05, 0) is 47.5 Å². The Morgan fingerprint density at radius 3 is 2.00 bits per heavy atom. The Kier molecular flexibility index (Phi) is 4.72. The lowest BCUT2D eigenvalue weighted by Gasteiger charge is -2.41. The number of hydrogen-bond donors (Lipinski definition) is 3. The first-order chi connectivity index (χ1) is 9.00. The van der Waals surface area contributed by atoms with E-state index in [1.165, 1.54) is 6.42 Å². The molecule has 0 aromatic heterocycles. The van der Waals surface area contributed by atoms with Gasteiger partial charge in [0.2, 0.25) is 0 Å². The van der Waals surface area contributed by atoms with Crippen LogP contribution < -0.4 is 10.6 Å². The highest BCUT2D eigenvalue weighted by Crippen LogP contribution is 2.31. The van der Waals surface area contributed by atoms with Gasteiger partial charge < -0.3 is 15.7 Å². The third kappa shape index (κ3) is 3.64. The minimum Gasteiger partial charge on any atom is -0.481 e. The molecule has 20 heavy (non-hydrogen) atoms. The highest BCUT2D eigenvalue weighted by molar-refractivity contribution is 5.80. The van der Waals surface area contributed by atoms with E-state index in [1.54, 1.807) is 27.7 Å². The van der Waals surface area contributed by atoms with Gasteiger partial charge in [-0.3, -0.25) is 4.79 Å². The normalized spacial score (nSPS) is 19.2. The minimum absolute atomic E-state index is 0.175. The van der Waals surface area contributed by atoms with E-state index in [0.29, 0.717) is 0 Å². The van der Waals surface area contributed by atoms with Gasteiger partial charge in [0.1, 0.15) is 0 Å². The molecule has 0 spiro atoms. The molecule has 1 rings (SSSR count). The zero-order valence-corrected chi connectivity index (χ0v) is 13.3. The van der Waals surface area contributed by atoms with E-state index in [2.05, 4.69) is 17.6 Å².